The number of sulfonamides is 1. The van der Waals surface area contributed by atoms with Crippen molar-refractivity contribution in [1.29, 1.82) is 0 Å². The molecule has 3 aromatic rings. The summed E-state index contributed by atoms with van der Waals surface area (Å²) in [5, 5.41) is 2.83. The highest BCUT2D eigenvalue weighted by Crippen LogP contribution is 2.34. The van der Waals surface area contributed by atoms with E-state index in [-0.39, 0.29) is 11.4 Å². The van der Waals surface area contributed by atoms with E-state index in [0.717, 1.165) is 21.7 Å². The summed E-state index contributed by atoms with van der Waals surface area (Å²) in [4.78, 5) is 12.9. The molecule has 0 fully saturated rings. The zero-order valence-electron chi connectivity index (χ0n) is 17.5. The Morgan fingerprint density at radius 2 is 1.61 bits per heavy atom. The van der Waals surface area contributed by atoms with E-state index in [4.69, 9.17) is 9.47 Å². The number of benzene rings is 3. The van der Waals surface area contributed by atoms with Crippen LogP contribution in [0.15, 0.2) is 72.8 Å². The average Bonchev–Trinajstić information content (AvgIpc) is 2.77. The fourth-order valence-electron chi connectivity index (χ4n) is 3.15. The third-order valence-corrected chi connectivity index (χ3v) is 5.76. The van der Waals surface area contributed by atoms with E-state index in [1.165, 1.54) is 14.2 Å². The van der Waals surface area contributed by atoms with Crippen LogP contribution < -0.4 is 19.1 Å². The number of amides is 1. The molecule has 7 nitrogen and oxygen atoms in total. The van der Waals surface area contributed by atoms with Crippen molar-refractivity contribution in [3.05, 3.63) is 72.8 Å². The molecule has 0 saturated carbocycles. The zero-order chi connectivity index (χ0) is 22.4. The van der Waals surface area contributed by atoms with Crippen LogP contribution in [0.1, 0.15) is 0 Å². The van der Waals surface area contributed by atoms with Crippen LogP contribution in [-0.4, -0.2) is 41.3 Å². The number of hydrogen-bond donors (Lipinski definition) is 1. The van der Waals surface area contributed by atoms with Crippen LogP contribution in [0.5, 0.6) is 11.5 Å². The first kappa shape index (κ1) is 22.2. The van der Waals surface area contributed by atoms with Gasteiger partial charge in [-0.3, -0.25) is 9.10 Å². The summed E-state index contributed by atoms with van der Waals surface area (Å²) in [5.41, 5.74) is 2.62. The van der Waals surface area contributed by atoms with Gasteiger partial charge in [-0.25, -0.2) is 8.42 Å². The molecule has 8 heteroatoms. The lowest BCUT2D eigenvalue weighted by Gasteiger charge is -2.24. The summed E-state index contributed by atoms with van der Waals surface area (Å²) < 4.78 is 36.5. The number of rotatable bonds is 8. The van der Waals surface area contributed by atoms with E-state index in [1.807, 2.05) is 48.5 Å². The Labute approximate surface area is 182 Å². The summed E-state index contributed by atoms with van der Waals surface area (Å²) in [6.07, 6.45) is 1.04. The average molecular weight is 441 g/mol. The van der Waals surface area contributed by atoms with Crippen LogP contribution in [0, 0.1) is 0 Å². The van der Waals surface area contributed by atoms with Crippen molar-refractivity contribution in [3.63, 3.8) is 0 Å². The Bertz CT molecular complexity index is 1160. The molecule has 162 valence electrons. The van der Waals surface area contributed by atoms with E-state index in [1.54, 1.807) is 24.3 Å². The first-order valence-corrected chi connectivity index (χ1v) is 11.3. The number of anilines is 2. The summed E-state index contributed by atoms with van der Waals surface area (Å²) in [6, 6.07) is 21.7. The van der Waals surface area contributed by atoms with E-state index in [0.29, 0.717) is 11.4 Å². The quantitative estimate of drug-likeness (QED) is 0.576. The van der Waals surface area contributed by atoms with Gasteiger partial charge in [0.15, 0.2) is 0 Å². The number of methoxy groups -OCH3 is 2. The minimum atomic E-state index is -3.77. The van der Waals surface area contributed by atoms with E-state index >= 15 is 0 Å². The second-order valence-corrected chi connectivity index (χ2v) is 8.67. The van der Waals surface area contributed by atoms with Crippen molar-refractivity contribution < 1.29 is 22.7 Å². The third-order valence-electron chi connectivity index (χ3n) is 4.63. The van der Waals surface area contributed by atoms with Gasteiger partial charge < -0.3 is 14.8 Å². The maximum Gasteiger partial charge on any atom is 0.245 e. The first-order valence-electron chi connectivity index (χ1n) is 9.47. The van der Waals surface area contributed by atoms with Crippen molar-refractivity contribution >= 4 is 27.3 Å². The van der Waals surface area contributed by atoms with E-state index < -0.39 is 22.5 Å². The fraction of sp³-hybridized carbons (Fsp3) is 0.174. The standard InChI is InChI=1S/C23H24N2O5S/c1-29-18-13-14-21(22(15-18)30-2)25(31(3,27)28)16-23(26)24-20-12-8-7-11-19(20)17-9-5-4-6-10-17/h4-15H,16H2,1-3H3,(H,24,26). The SMILES string of the molecule is COc1ccc(N(CC(=O)Nc2ccccc2-c2ccccc2)S(C)(=O)=O)c(OC)c1. The number of nitrogens with one attached hydrogen (secondary N) is 1. The Balaban J connectivity index is 1.89. The Morgan fingerprint density at radius 3 is 2.26 bits per heavy atom. The van der Waals surface area contributed by atoms with Gasteiger partial charge in [0.25, 0.3) is 0 Å². The lowest BCUT2D eigenvalue weighted by Crippen LogP contribution is -2.37. The molecule has 0 aliphatic rings. The molecule has 0 atom stereocenters. The van der Waals surface area contributed by atoms with Gasteiger partial charge in [0, 0.05) is 17.3 Å². The number of hydrogen-bond acceptors (Lipinski definition) is 5. The lowest BCUT2D eigenvalue weighted by atomic mass is 10.0. The molecule has 0 aliphatic heterocycles. The second-order valence-electron chi connectivity index (χ2n) is 6.77. The van der Waals surface area contributed by atoms with Gasteiger partial charge in [-0.1, -0.05) is 48.5 Å². The highest BCUT2D eigenvalue weighted by Gasteiger charge is 2.24. The Morgan fingerprint density at radius 1 is 0.935 bits per heavy atom. The molecule has 0 unspecified atom stereocenters. The van der Waals surface area contributed by atoms with Crippen LogP contribution in [0.3, 0.4) is 0 Å². The van der Waals surface area contributed by atoms with Gasteiger partial charge in [0.05, 0.1) is 26.2 Å². The molecule has 3 rings (SSSR count). The molecule has 0 radical (unpaired) electrons. The number of carbonyl (C=O) groups excluding carboxylic acids is 1. The molecule has 0 heterocycles. The molecule has 1 N–H and O–H groups in total. The van der Waals surface area contributed by atoms with Crippen molar-refractivity contribution in [2.45, 2.75) is 0 Å². The minimum Gasteiger partial charge on any atom is -0.497 e. The molecule has 0 saturated heterocycles. The summed E-state index contributed by atoms with van der Waals surface area (Å²) in [5.74, 6) is 0.309. The summed E-state index contributed by atoms with van der Waals surface area (Å²) >= 11 is 0. The predicted octanol–water partition coefficient (Wildman–Crippen LogP) is 3.78. The maximum atomic E-state index is 12.9. The third kappa shape index (κ3) is 5.35. The minimum absolute atomic E-state index is 0.247. The molecule has 3 aromatic carbocycles. The van der Waals surface area contributed by atoms with Crippen molar-refractivity contribution in [3.8, 4) is 22.6 Å². The van der Waals surface area contributed by atoms with Gasteiger partial charge in [0.1, 0.15) is 18.0 Å². The molecule has 0 aliphatic carbocycles. The van der Waals surface area contributed by atoms with Gasteiger partial charge in [-0.05, 0) is 23.8 Å². The van der Waals surface area contributed by atoms with Crippen LogP contribution in [0.2, 0.25) is 0 Å². The lowest BCUT2D eigenvalue weighted by molar-refractivity contribution is -0.114. The first-order chi connectivity index (χ1) is 14.8. The number of carbonyl (C=O) groups is 1. The van der Waals surface area contributed by atoms with Crippen LogP contribution in [-0.2, 0) is 14.8 Å². The molecular weight excluding hydrogens is 416 g/mol. The fourth-order valence-corrected chi connectivity index (χ4v) is 4.01. The van der Waals surface area contributed by atoms with E-state index in [2.05, 4.69) is 5.32 Å². The molecular formula is C23H24N2O5S. The van der Waals surface area contributed by atoms with Gasteiger partial charge in [-0.15, -0.1) is 0 Å². The second kappa shape index (κ2) is 9.53. The van der Waals surface area contributed by atoms with Crippen molar-refractivity contribution in [1.82, 2.24) is 0 Å². The maximum absolute atomic E-state index is 12.9. The van der Waals surface area contributed by atoms with Gasteiger partial charge in [-0.2, -0.15) is 0 Å². The van der Waals surface area contributed by atoms with Crippen molar-refractivity contribution in [2.24, 2.45) is 0 Å². The van der Waals surface area contributed by atoms with E-state index in [9.17, 15) is 13.2 Å². The number of nitrogens with zero attached hydrogens (tertiary/aromatic N) is 1. The Hall–Kier alpha value is -3.52. The molecule has 0 spiro atoms. The van der Waals surface area contributed by atoms with Crippen LogP contribution >= 0.6 is 0 Å². The number of ether oxygens (including phenoxy) is 2. The van der Waals surface area contributed by atoms with Gasteiger partial charge in [0.2, 0.25) is 15.9 Å². The molecule has 0 aromatic heterocycles. The topological polar surface area (TPSA) is 84.9 Å². The highest BCUT2D eigenvalue weighted by molar-refractivity contribution is 7.92. The highest BCUT2D eigenvalue weighted by atomic mass is 32.2. The zero-order valence-corrected chi connectivity index (χ0v) is 18.3. The molecule has 0 bridgehead atoms. The smallest absolute Gasteiger partial charge is 0.245 e. The predicted molar refractivity (Wildman–Crippen MR) is 122 cm³/mol. The monoisotopic (exact) mass is 440 g/mol. The van der Waals surface area contributed by atoms with Crippen LogP contribution in [0.4, 0.5) is 11.4 Å². The normalized spacial score (nSPS) is 10.9. The largest absolute Gasteiger partial charge is 0.497 e. The van der Waals surface area contributed by atoms with Crippen LogP contribution in [0.25, 0.3) is 11.1 Å². The molecule has 31 heavy (non-hydrogen) atoms. The summed E-state index contributed by atoms with van der Waals surface area (Å²) in [6.45, 7) is -0.412. The number of para-hydroxylation sites is 1. The summed E-state index contributed by atoms with van der Waals surface area (Å²) in [7, 11) is -0.842. The Kier molecular flexibility index (Phi) is 6.81. The van der Waals surface area contributed by atoms with Crippen molar-refractivity contribution in [2.75, 3.05) is 36.6 Å². The molecule has 1 amide bonds. The van der Waals surface area contributed by atoms with Gasteiger partial charge >= 0.3 is 0 Å².